The van der Waals surface area contributed by atoms with Crippen LogP contribution in [0.15, 0.2) is 121 Å². The molecule has 39 heavy (non-hydrogen) atoms. The maximum Gasteiger partial charge on any atom is 0.164 e. The summed E-state index contributed by atoms with van der Waals surface area (Å²) in [7, 11) is 0. The van der Waals surface area contributed by atoms with Gasteiger partial charge in [0.25, 0.3) is 0 Å². The topological polar surface area (TPSA) is 56.5 Å². The highest BCUT2D eigenvalue weighted by Crippen LogP contribution is 2.33. The minimum Gasteiger partial charge on any atom is -0.308 e. The highest BCUT2D eigenvalue weighted by Gasteiger charge is 2.16. The molecule has 5 nitrogen and oxygen atoms in total. The Labute approximate surface area is 226 Å². The quantitative estimate of drug-likeness (QED) is 0.239. The molecule has 0 aliphatic heterocycles. The molecule has 7 rings (SSSR count). The molecule has 0 radical (unpaired) electrons. The summed E-state index contributed by atoms with van der Waals surface area (Å²) in [4.78, 5) is 19.4. The van der Waals surface area contributed by atoms with Crippen molar-refractivity contribution in [1.29, 1.82) is 0 Å². The molecule has 0 spiro atoms. The fraction of sp³-hybridized carbons (Fsp3) is 0.0588. The Kier molecular flexibility index (Phi) is 5.67. The van der Waals surface area contributed by atoms with E-state index in [1.54, 1.807) is 0 Å². The van der Waals surface area contributed by atoms with Crippen LogP contribution in [-0.2, 0) is 6.42 Å². The Morgan fingerprint density at radius 1 is 0.564 bits per heavy atom. The Balaban J connectivity index is 1.43. The zero-order valence-electron chi connectivity index (χ0n) is 21.5. The summed E-state index contributed by atoms with van der Waals surface area (Å²) >= 11 is 0. The van der Waals surface area contributed by atoms with Crippen LogP contribution in [0.3, 0.4) is 0 Å². The third-order valence-corrected chi connectivity index (χ3v) is 7.05. The van der Waals surface area contributed by atoms with Crippen LogP contribution in [0.25, 0.3) is 61.8 Å². The molecule has 0 atom stereocenters. The number of fused-ring (bicyclic) bond motifs is 3. The van der Waals surface area contributed by atoms with E-state index in [1.165, 1.54) is 5.56 Å². The van der Waals surface area contributed by atoms with Crippen molar-refractivity contribution in [2.24, 2.45) is 0 Å². The molecule has 0 N–H and O–H groups in total. The largest absolute Gasteiger partial charge is 0.308 e. The standard InChI is InChI=1S/C34H25N5/c1-2-23-18-19-29-28(21-23)31-30(17-10-20-35-31)39(29)27-16-9-15-26(22-27)34-37-32(24-11-5-3-6-12-24)36-33(38-34)25-13-7-4-8-14-25/h3-22H,2H2,1H3. The van der Waals surface area contributed by atoms with E-state index >= 15 is 0 Å². The Bertz CT molecular complexity index is 1880. The van der Waals surface area contributed by atoms with Gasteiger partial charge in [0.1, 0.15) is 0 Å². The van der Waals surface area contributed by atoms with Gasteiger partial charge >= 0.3 is 0 Å². The van der Waals surface area contributed by atoms with Crippen molar-refractivity contribution >= 4 is 21.9 Å². The molecule has 5 heteroatoms. The summed E-state index contributed by atoms with van der Waals surface area (Å²) in [5, 5.41) is 1.16. The SMILES string of the molecule is CCc1ccc2c(c1)c1ncccc1n2-c1cccc(-c2nc(-c3ccccc3)nc(-c3ccccc3)n2)c1. The van der Waals surface area contributed by atoms with E-state index in [0.29, 0.717) is 17.5 Å². The average Bonchev–Trinajstić information content (AvgIpc) is 3.35. The maximum atomic E-state index is 4.93. The lowest BCUT2D eigenvalue weighted by atomic mass is 10.1. The molecular weight excluding hydrogens is 478 g/mol. The zero-order chi connectivity index (χ0) is 26.2. The molecule has 186 valence electrons. The first-order valence-electron chi connectivity index (χ1n) is 13.1. The van der Waals surface area contributed by atoms with Crippen LogP contribution in [-0.4, -0.2) is 24.5 Å². The Hall–Kier alpha value is -5.16. The van der Waals surface area contributed by atoms with Gasteiger partial charge in [0, 0.05) is 34.0 Å². The molecule has 7 aromatic rings. The van der Waals surface area contributed by atoms with Crippen molar-refractivity contribution in [2.75, 3.05) is 0 Å². The van der Waals surface area contributed by atoms with Crippen molar-refractivity contribution in [1.82, 2.24) is 24.5 Å². The van der Waals surface area contributed by atoms with Gasteiger partial charge in [-0.2, -0.15) is 0 Å². The molecule has 0 aliphatic carbocycles. The van der Waals surface area contributed by atoms with Crippen molar-refractivity contribution < 1.29 is 0 Å². The van der Waals surface area contributed by atoms with Crippen LogP contribution in [0.2, 0.25) is 0 Å². The minimum atomic E-state index is 0.636. The van der Waals surface area contributed by atoms with Crippen LogP contribution in [0.5, 0.6) is 0 Å². The van der Waals surface area contributed by atoms with Crippen LogP contribution in [0, 0.1) is 0 Å². The maximum absolute atomic E-state index is 4.93. The molecule has 0 aliphatic rings. The number of hydrogen-bond donors (Lipinski definition) is 0. The lowest BCUT2D eigenvalue weighted by Crippen LogP contribution is -2.01. The zero-order valence-corrected chi connectivity index (χ0v) is 21.5. The third kappa shape index (κ3) is 4.14. The molecular formula is C34H25N5. The number of nitrogens with zero attached hydrogens (tertiary/aromatic N) is 5. The number of rotatable bonds is 5. The Morgan fingerprint density at radius 2 is 1.21 bits per heavy atom. The summed E-state index contributed by atoms with van der Waals surface area (Å²) in [6, 6.07) is 39.3. The summed E-state index contributed by atoms with van der Waals surface area (Å²) < 4.78 is 2.28. The number of benzene rings is 4. The second kappa shape index (κ2) is 9.62. The van der Waals surface area contributed by atoms with Gasteiger partial charge < -0.3 is 4.57 Å². The molecule has 0 saturated heterocycles. The predicted octanol–water partition coefficient (Wildman–Crippen LogP) is 7.93. The number of aryl methyl sites for hydroxylation is 1. The van der Waals surface area contributed by atoms with Gasteiger partial charge in [0.15, 0.2) is 17.5 Å². The smallest absolute Gasteiger partial charge is 0.164 e. The van der Waals surface area contributed by atoms with Gasteiger partial charge in [-0.3, -0.25) is 4.98 Å². The first-order chi connectivity index (χ1) is 19.3. The fourth-order valence-electron chi connectivity index (χ4n) is 5.10. The number of pyridine rings is 1. The summed E-state index contributed by atoms with van der Waals surface area (Å²) in [6.07, 6.45) is 2.85. The summed E-state index contributed by atoms with van der Waals surface area (Å²) in [5.41, 5.74) is 8.37. The Morgan fingerprint density at radius 3 is 1.87 bits per heavy atom. The van der Waals surface area contributed by atoms with Crippen LogP contribution in [0.4, 0.5) is 0 Å². The molecule has 0 saturated carbocycles. The van der Waals surface area contributed by atoms with Gasteiger partial charge in [0.2, 0.25) is 0 Å². The average molecular weight is 504 g/mol. The van der Waals surface area contributed by atoms with Gasteiger partial charge in [-0.1, -0.05) is 85.8 Å². The summed E-state index contributed by atoms with van der Waals surface area (Å²) in [6.45, 7) is 2.18. The monoisotopic (exact) mass is 503 g/mol. The van der Waals surface area contributed by atoms with E-state index in [0.717, 1.165) is 50.7 Å². The van der Waals surface area contributed by atoms with Crippen LogP contribution < -0.4 is 0 Å². The molecule has 3 heterocycles. The molecule has 0 fully saturated rings. The van der Waals surface area contributed by atoms with Crippen molar-refractivity contribution in [2.45, 2.75) is 13.3 Å². The first kappa shape index (κ1) is 23.0. The van der Waals surface area contributed by atoms with Crippen molar-refractivity contribution in [3.63, 3.8) is 0 Å². The van der Waals surface area contributed by atoms with Gasteiger partial charge in [0.05, 0.1) is 16.6 Å². The highest BCUT2D eigenvalue weighted by molar-refractivity contribution is 6.07. The summed E-state index contributed by atoms with van der Waals surface area (Å²) in [5.74, 6) is 1.94. The lowest BCUT2D eigenvalue weighted by molar-refractivity contribution is 1.07. The van der Waals surface area contributed by atoms with Gasteiger partial charge in [-0.05, 0) is 48.4 Å². The molecule has 0 amide bonds. The third-order valence-electron chi connectivity index (χ3n) is 7.05. The highest BCUT2D eigenvalue weighted by atomic mass is 15.0. The normalized spacial score (nSPS) is 11.3. The number of hydrogen-bond acceptors (Lipinski definition) is 4. The minimum absolute atomic E-state index is 0.636. The molecule has 3 aromatic heterocycles. The second-order valence-electron chi connectivity index (χ2n) is 9.50. The van der Waals surface area contributed by atoms with Gasteiger partial charge in [-0.25, -0.2) is 15.0 Å². The first-order valence-corrected chi connectivity index (χ1v) is 13.1. The van der Waals surface area contributed by atoms with Crippen LogP contribution in [0.1, 0.15) is 12.5 Å². The fourth-order valence-corrected chi connectivity index (χ4v) is 5.10. The van der Waals surface area contributed by atoms with Crippen LogP contribution >= 0.6 is 0 Å². The molecule has 0 unspecified atom stereocenters. The van der Waals surface area contributed by atoms with E-state index in [4.69, 9.17) is 19.9 Å². The van der Waals surface area contributed by atoms with Crippen molar-refractivity contribution in [3.8, 4) is 39.9 Å². The molecule has 0 bridgehead atoms. The number of aromatic nitrogens is 5. The second-order valence-corrected chi connectivity index (χ2v) is 9.50. The van der Waals surface area contributed by atoms with E-state index < -0.39 is 0 Å². The van der Waals surface area contributed by atoms with E-state index in [1.807, 2.05) is 72.9 Å². The van der Waals surface area contributed by atoms with E-state index in [-0.39, 0.29) is 0 Å². The lowest BCUT2D eigenvalue weighted by Gasteiger charge is -2.11. The van der Waals surface area contributed by atoms with Gasteiger partial charge in [-0.15, -0.1) is 0 Å². The van der Waals surface area contributed by atoms with E-state index in [2.05, 4.69) is 60.0 Å². The van der Waals surface area contributed by atoms with Crippen molar-refractivity contribution in [3.05, 3.63) is 127 Å². The molecule has 4 aromatic carbocycles. The van der Waals surface area contributed by atoms with E-state index in [9.17, 15) is 0 Å². The predicted molar refractivity (Wildman–Crippen MR) is 158 cm³/mol.